The first-order valence-corrected chi connectivity index (χ1v) is 7.31. The van der Waals surface area contributed by atoms with E-state index in [-0.39, 0.29) is 25.7 Å². The van der Waals surface area contributed by atoms with E-state index in [2.05, 4.69) is 10.6 Å². The van der Waals surface area contributed by atoms with Gasteiger partial charge in [-0.3, -0.25) is 14.9 Å². The smallest absolute Gasteiger partial charge is 0.320 e. The molecule has 0 aromatic heterocycles. The summed E-state index contributed by atoms with van der Waals surface area (Å²) in [4.78, 5) is 36.1. The fraction of sp³-hybridized carbons (Fsp3) is 0.400. The van der Waals surface area contributed by atoms with Crippen LogP contribution in [0.3, 0.4) is 0 Å². The van der Waals surface area contributed by atoms with E-state index in [9.17, 15) is 14.4 Å². The monoisotopic (exact) mass is 320 g/mol. The molecule has 1 aliphatic heterocycles. The Hall–Kier alpha value is -2.61. The normalized spacial score (nSPS) is 15.1. The van der Waals surface area contributed by atoms with Crippen molar-refractivity contribution >= 4 is 17.9 Å². The highest BCUT2D eigenvalue weighted by atomic mass is 16.5. The molecule has 124 valence electrons. The van der Waals surface area contributed by atoms with Crippen molar-refractivity contribution in [3.05, 3.63) is 35.9 Å². The lowest BCUT2D eigenvalue weighted by molar-refractivity contribution is -0.144. The molecular weight excluding hydrogens is 300 g/mol. The van der Waals surface area contributed by atoms with Gasteiger partial charge in [-0.2, -0.15) is 0 Å². The summed E-state index contributed by atoms with van der Waals surface area (Å²) < 4.78 is 5.10. The summed E-state index contributed by atoms with van der Waals surface area (Å²) in [5, 5.41) is 5.36. The highest BCUT2D eigenvalue weighted by Gasteiger charge is 2.26. The number of nitrogens with one attached hydrogen (secondary N) is 2. The van der Waals surface area contributed by atoms with Gasteiger partial charge in [0.15, 0.2) is 0 Å². The molecule has 1 saturated heterocycles. The van der Waals surface area contributed by atoms with E-state index in [0.29, 0.717) is 13.1 Å². The number of carbonyl (C=O) groups excluding carboxylic acids is 3. The molecule has 1 atom stereocenters. The highest BCUT2D eigenvalue weighted by Crippen LogP contribution is 2.01. The van der Waals surface area contributed by atoms with E-state index >= 15 is 0 Å². The van der Waals surface area contributed by atoms with E-state index in [1.54, 1.807) is 0 Å². The second-order valence-electron chi connectivity index (χ2n) is 5.16. The summed E-state index contributed by atoms with van der Waals surface area (Å²) in [5.74, 6) is -1.12. The number of amides is 3. The molecule has 1 heterocycles. The molecule has 0 spiro atoms. The number of ether oxygens (including phenoxy) is 1. The number of hydrogen-bond acceptors (Lipinski definition) is 5. The first-order chi connectivity index (χ1) is 11.1. The SMILES string of the molecule is NC(=O)C(CN1CCNC1=O)NCC(=O)OCc1ccccc1. The quantitative estimate of drug-likeness (QED) is 0.543. The van der Waals surface area contributed by atoms with E-state index in [1.165, 1.54) is 4.90 Å². The molecule has 23 heavy (non-hydrogen) atoms. The summed E-state index contributed by atoms with van der Waals surface area (Å²) in [6, 6.07) is 8.22. The summed E-state index contributed by atoms with van der Waals surface area (Å²) in [6.45, 7) is 1.16. The maximum absolute atomic E-state index is 11.7. The molecule has 0 bridgehead atoms. The average Bonchev–Trinajstić information content (AvgIpc) is 2.95. The number of nitrogens with two attached hydrogens (primary N) is 1. The van der Waals surface area contributed by atoms with Gasteiger partial charge in [-0.05, 0) is 5.56 Å². The fourth-order valence-corrected chi connectivity index (χ4v) is 2.16. The molecule has 1 unspecified atom stereocenters. The van der Waals surface area contributed by atoms with E-state index in [1.807, 2.05) is 30.3 Å². The topological polar surface area (TPSA) is 114 Å². The number of nitrogens with zero attached hydrogens (tertiary/aromatic N) is 1. The number of benzene rings is 1. The lowest BCUT2D eigenvalue weighted by atomic mass is 10.2. The Morgan fingerprint density at radius 3 is 2.70 bits per heavy atom. The Labute approximate surface area is 134 Å². The fourth-order valence-electron chi connectivity index (χ4n) is 2.16. The van der Waals surface area contributed by atoms with Gasteiger partial charge >= 0.3 is 12.0 Å². The molecule has 0 radical (unpaired) electrons. The van der Waals surface area contributed by atoms with Crippen molar-refractivity contribution in [3.8, 4) is 0 Å². The molecule has 8 nitrogen and oxygen atoms in total. The Bertz CT molecular complexity index is 564. The minimum atomic E-state index is -0.803. The van der Waals surface area contributed by atoms with Crippen LogP contribution in [0.1, 0.15) is 5.56 Å². The standard InChI is InChI=1S/C15H20N4O4/c16-14(21)12(9-19-7-6-17-15(19)22)18-8-13(20)23-10-11-4-2-1-3-5-11/h1-5,12,18H,6-10H2,(H2,16,21)(H,17,22). The maximum Gasteiger partial charge on any atom is 0.320 e. The average molecular weight is 320 g/mol. The van der Waals surface area contributed by atoms with E-state index < -0.39 is 17.9 Å². The Morgan fingerprint density at radius 2 is 2.09 bits per heavy atom. The molecule has 0 saturated carbocycles. The molecule has 1 aromatic rings. The molecule has 1 aliphatic rings. The summed E-state index contributed by atoms with van der Waals surface area (Å²) in [7, 11) is 0. The van der Waals surface area contributed by atoms with Crippen LogP contribution in [0.15, 0.2) is 30.3 Å². The Morgan fingerprint density at radius 1 is 1.35 bits per heavy atom. The third-order valence-corrected chi connectivity index (χ3v) is 3.43. The van der Waals surface area contributed by atoms with Crippen LogP contribution in [0.5, 0.6) is 0 Å². The summed E-state index contributed by atoms with van der Waals surface area (Å²) in [6.07, 6.45) is 0. The molecular formula is C15H20N4O4. The number of esters is 1. The van der Waals surface area contributed by atoms with Crippen LogP contribution in [0.4, 0.5) is 4.79 Å². The zero-order valence-electron chi connectivity index (χ0n) is 12.7. The van der Waals surface area contributed by atoms with Gasteiger partial charge < -0.3 is 20.7 Å². The second kappa shape index (κ2) is 8.14. The number of hydrogen-bond donors (Lipinski definition) is 3. The van der Waals surface area contributed by atoms with Crippen LogP contribution < -0.4 is 16.4 Å². The van der Waals surface area contributed by atoms with Crippen LogP contribution >= 0.6 is 0 Å². The van der Waals surface area contributed by atoms with Crippen LogP contribution in [0.25, 0.3) is 0 Å². The third kappa shape index (κ3) is 5.26. The summed E-state index contributed by atoms with van der Waals surface area (Å²) >= 11 is 0. The number of rotatable bonds is 8. The number of primary amides is 1. The van der Waals surface area contributed by atoms with Gasteiger partial charge in [-0.25, -0.2) is 4.79 Å². The van der Waals surface area contributed by atoms with Gasteiger partial charge in [0, 0.05) is 19.6 Å². The van der Waals surface area contributed by atoms with Gasteiger partial charge in [0.25, 0.3) is 0 Å². The number of urea groups is 1. The Kier molecular flexibility index (Phi) is 5.93. The van der Waals surface area contributed by atoms with Crippen LogP contribution in [-0.4, -0.2) is 55.0 Å². The predicted molar refractivity (Wildman–Crippen MR) is 82.2 cm³/mol. The molecule has 1 aromatic carbocycles. The third-order valence-electron chi connectivity index (χ3n) is 3.43. The lowest BCUT2D eigenvalue weighted by Crippen LogP contribution is -2.51. The zero-order valence-corrected chi connectivity index (χ0v) is 12.7. The van der Waals surface area contributed by atoms with Gasteiger partial charge in [-0.1, -0.05) is 30.3 Å². The largest absolute Gasteiger partial charge is 0.460 e. The van der Waals surface area contributed by atoms with E-state index in [4.69, 9.17) is 10.5 Å². The highest BCUT2D eigenvalue weighted by molar-refractivity contribution is 5.83. The van der Waals surface area contributed by atoms with Gasteiger partial charge in [-0.15, -0.1) is 0 Å². The second-order valence-corrected chi connectivity index (χ2v) is 5.16. The lowest BCUT2D eigenvalue weighted by Gasteiger charge is -2.21. The van der Waals surface area contributed by atoms with Crippen LogP contribution in [-0.2, 0) is 20.9 Å². The minimum absolute atomic E-state index is 0.118. The van der Waals surface area contributed by atoms with Gasteiger partial charge in [0.2, 0.25) is 5.91 Å². The first kappa shape index (κ1) is 16.8. The zero-order chi connectivity index (χ0) is 16.7. The Balaban J connectivity index is 1.75. The maximum atomic E-state index is 11.7. The van der Waals surface area contributed by atoms with Crippen molar-refractivity contribution in [1.29, 1.82) is 0 Å². The van der Waals surface area contributed by atoms with Crippen molar-refractivity contribution in [3.63, 3.8) is 0 Å². The molecule has 2 rings (SSSR count). The first-order valence-electron chi connectivity index (χ1n) is 7.31. The molecule has 1 fully saturated rings. The predicted octanol–water partition coefficient (Wildman–Crippen LogP) is -0.801. The van der Waals surface area contributed by atoms with Crippen molar-refractivity contribution in [2.45, 2.75) is 12.6 Å². The molecule has 3 amide bonds. The van der Waals surface area contributed by atoms with Crippen LogP contribution in [0.2, 0.25) is 0 Å². The number of carbonyl (C=O) groups is 3. The van der Waals surface area contributed by atoms with Crippen molar-refractivity contribution in [2.24, 2.45) is 5.73 Å². The van der Waals surface area contributed by atoms with Gasteiger partial charge in [0.05, 0.1) is 6.54 Å². The van der Waals surface area contributed by atoms with Crippen molar-refractivity contribution < 1.29 is 19.1 Å². The molecule has 4 N–H and O–H groups in total. The van der Waals surface area contributed by atoms with Crippen molar-refractivity contribution in [1.82, 2.24) is 15.5 Å². The molecule has 0 aliphatic carbocycles. The minimum Gasteiger partial charge on any atom is -0.460 e. The van der Waals surface area contributed by atoms with E-state index in [0.717, 1.165) is 5.56 Å². The van der Waals surface area contributed by atoms with Crippen molar-refractivity contribution in [2.75, 3.05) is 26.2 Å². The van der Waals surface area contributed by atoms with Gasteiger partial charge in [0.1, 0.15) is 12.6 Å². The molecule has 8 heteroatoms. The summed E-state index contributed by atoms with van der Waals surface area (Å²) in [5.41, 5.74) is 6.18. The van der Waals surface area contributed by atoms with Crippen LogP contribution in [0, 0.1) is 0 Å².